The van der Waals surface area contributed by atoms with E-state index in [1.165, 1.54) is 12.5 Å². The van der Waals surface area contributed by atoms with E-state index < -0.39 is 0 Å². The zero-order valence-electron chi connectivity index (χ0n) is 11.4. The molecule has 108 valence electrons. The van der Waals surface area contributed by atoms with Gasteiger partial charge in [-0.05, 0) is 24.6 Å². The lowest BCUT2D eigenvalue weighted by molar-refractivity contribution is 0.0929. The quantitative estimate of drug-likeness (QED) is 0.692. The van der Waals surface area contributed by atoms with E-state index in [4.69, 9.17) is 11.6 Å². The third-order valence-corrected chi connectivity index (χ3v) is 3.48. The monoisotopic (exact) mass is 303 g/mol. The maximum absolute atomic E-state index is 12.1. The minimum absolute atomic E-state index is 0.202. The van der Waals surface area contributed by atoms with Gasteiger partial charge in [-0.1, -0.05) is 18.5 Å². The lowest BCUT2D eigenvalue weighted by atomic mass is 10.2. The van der Waals surface area contributed by atoms with Crippen LogP contribution in [0.25, 0.3) is 11.0 Å². The molecule has 6 nitrogen and oxygen atoms in total. The Morgan fingerprint density at radius 3 is 3.05 bits per heavy atom. The molecule has 3 rings (SSSR count). The van der Waals surface area contributed by atoms with Crippen molar-refractivity contribution < 1.29 is 4.79 Å². The number of benzene rings is 1. The Kier molecular flexibility index (Phi) is 3.62. The smallest absolute Gasteiger partial charge is 0.269 e. The highest BCUT2D eigenvalue weighted by atomic mass is 35.5. The topological polar surface area (TPSA) is 86.5 Å². The average molecular weight is 304 g/mol. The van der Waals surface area contributed by atoms with Gasteiger partial charge >= 0.3 is 0 Å². The molecule has 0 fully saturated rings. The first-order valence-corrected chi connectivity index (χ1v) is 6.99. The zero-order valence-corrected chi connectivity index (χ0v) is 12.1. The van der Waals surface area contributed by atoms with Gasteiger partial charge in [0, 0.05) is 5.02 Å². The molecule has 2 aromatic heterocycles. The third kappa shape index (κ3) is 2.75. The normalized spacial score (nSPS) is 12.5. The number of hydrogen-bond donors (Lipinski definition) is 3. The van der Waals surface area contributed by atoms with Crippen LogP contribution in [0, 0.1) is 0 Å². The second-order valence-electron chi connectivity index (χ2n) is 4.68. The maximum Gasteiger partial charge on any atom is 0.269 e. The number of H-pyrrole nitrogens is 2. The van der Waals surface area contributed by atoms with Crippen molar-refractivity contribution in [1.29, 1.82) is 0 Å². The van der Waals surface area contributed by atoms with Crippen LogP contribution in [0.5, 0.6) is 0 Å². The first-order valence-electron chi connectivity index (χ1n) is 6.61. The van der Waals surface area contributed by atoms with Gasteiger partial charge in [-0.25, -0.2) is 9.97 Å². The summed E-state index contributed by atoms with van der Waals surface area (Å²) in [7, 11) is 0. The van der Waals surface area contributed by atoms with E-state index in [1.54, 1.807) is 6.07 Å². The molecule has 0 bridgehead atoms. The molecule has 0 spiro atoms. The summed E-state index contributed by atoms with van der Waals surface area (Å²) in [4.78, 5) is 26.4. The summed E-state index contributed by atoms with van der Waals surface area (Å²) >= 11 is 5.96. The fraction of sp³-hybridized carbons (Fsp3) is 0.214. The van der Waals surface area contributed by atoms with Crippen molar-refractivity contribution in [3.63, 3.8) is 0 Å². The van der Waals surface area contributed by atoms with E-state index in [9.17, 15) is 4.79 Å². The van der Waals surface area contributed by atoms with Gasteiger partial charge in [0.2, 0.25) is 0 Å². The van der Waals surface area contributed by atoms with Crippen molar-refractivity contribution >= 4 is 28.5 Å². The third-order valence-electron chi connectivity index (χ3n) is 3.25. The highest BCUT2D eigenvalue weighted by molar-refractivity contribution is 6.31. The zero-order chi connectivity index (χ0) is 14.8. The molecule has 0 aliphatic heterocycles. The second-order valence-corrected chi connectivity index (χ2v) is 5.12. The fourth-order valence-corrected chi connectivity index (χ4v) is 2.32. The van der Waals surface area contributed by atoms with Crippen LogP contribution in [-0.4, -0.2) is 25.8 Å². The number of fused-ring (bicyclic) bond motifs is 1. The molecule has 3 N–H and O–H groups in total. The molecule has 3 aromatic rings. The number of rotatable bonds is 4. The number of nitrogens with zero attached hydrogens (tertiary/aromatic N) is 2. The van der Waals surface area contributed by atoms with Crippen molar-refractivity contribution in [2.75, 3.05) is 0 Å². The Bertz CT molecular complexity index is 765. The average Bonchev–Trinajstić information content (AvgIpc) is 3.12. The largest absolute Gasteiger partial charge is 0.341 e. The lowest BCUT2D eigenvalue weighted by Crippen LogP contribution is -2.29. The van der Waals surface area contributed by atoms with Crippen LogP contribution in [-0.2, 0) is 0 Å². The number of carbonyl (C=O) groups excluding carboxylic acids is 1. The first-order chi connectivity index (χ1) is 10.2. The lowest BCUT2D eigenvalue weighted by Gasteiger charge is -2.13. The molecular formula is C14H14ClN5O. The van der Waals surface area contributed by atoms with Gasteiger partial charge in [0.25, 0.3) is 5.91 Å². The summed E-state index contributed by atoms with van der Waals surface area (Å²) in [5.74, 6) is 0.500. The van der Waals surface area contributed by atoms with Crippen molar-refractivity contribution in [3.05, 3.63) is 47.3 Å². The Morgan fingerprint density at radius 2 is 2.33 bits per heavy atom. The molecule has 1 atom stereocenters. The highest BCUT2D eigenvalue weighted by Crippen LogP contribution is 2.21. The van der Waals surface area contributed by atoms with Crippen molar-refractivity contribution in [1.82, 2.24) is 25.3 Å². The molecule has 0 radical (unpaired) electrons. The van der Waals surface area contributed by atoms with Gasteiger partial charge in [0.05, 0.1) is 29.6 Å². The van der Waals surface area contributed by atoms with Gasteiger partial charge < -0.3 is 15.3 Å². The molecule has 21 heavy (non-hydrogen) atoms. The summed E-state index contributed by atoms with van der Waals surface area (Å²) in [6, 6.07) is 5.25. The summed E-state index contributed by atoms with van der Waals surface area (Å²) in [6.45, 7) is 1.98. The summed E-state index contributed by atoms with van der Waals surface area (Å²) < 4.78 is 0. The molecule has 1 unspecified atom stereocenters. The molecule has 1 amide bonds. The van der Waals surface area contributed by atoms with Crippen LogP contribution in [0.3, 0.4) is 0 Å². The van der Waals surface area contributed by atoms with Crippen LogP contribution in [0.15, 0.2) is 30.7 Å². The summed E-state index contributed by atoms with van der Waals surface area (Å²) in [6.07, 6.45) is 3.67. The Balaban J connectivity index is 1.86. The number of nitrogens with one attached hydrogen (secondary N) is 3. The van der Waals surface area contributed by atoms with E-state index in [1.807, 2.05) is 19.1 Å². The van der Waals surface area contributed by atoms with Crippen molar-refractivity contribution in [3.8, 4) is 0 Å². The molecule has 2 heterocycles. The predicted molar refractivity (Wildman–Crippen MR) is 80.2 cm³/mol. The van der Waals surface area contributed by atoms with Gasteiger partial charge in [-0.15, -0.1) is 0 Å². The van der Waals surface area contributed by atoms with Crippen molar-refractivity contribution in [2.45, 2.75) is 19.4 Å². The number of aromatic amines is 2. The Hall–Kier alpha value is -2.34. The van der Waals surface area contributed by atoms with Crippen molar-refractivity contribution in [2.24, 2.45) is 0 Å². The van der Waals surface area contributed by atoms with E-state index >= 15 is 0 Å². The number of halogens is 1. The van der Waals surface area contributed by atoms with Crippen LogP contribution >= 0.6 is 11.6 Å². The fourth-order valence-electron chi connectivity index (χ4n) is 2.15. The van der Waals surface area contributed by atoms with E-state index in [0.717, 1.165) is 11.0 Å². The van der Waals surface area contributed by atoms with Crippen LogP contribution < -0.4 is 5.32 Å². The number of hydrogen-bond acceptors (Lipinski definition) is 3. The standard InChI is InChI=1S/C14H14ClN5O/c1-2-9(20-14(21)12-6-16-7-17-12)13-18-10-4-3-8(15)5-11(10)19-13/h3-7,9H,2H2,1H3,(H,16,17)(H,18,19)(H,20,21). The first kappa shape index (κ1) is 13.6. The molecule has 0 saturated heterocycles. The molecule has 7 heteroatoms. The van der Waals surface area contributed by atoms with Crippen LogP contribution in [0.1, 0.15) is 35.7 Å². The van der Waals surface area contributed by atoms with Gasteiger partial charge in [0.1, 0.15) is 11.5 Å². The van der Waals surface area contributed by atoms with E-state index in [-0.39, 0.29) is 11.9 Å². The Labute approximate surface area is 126 Å². The van der Waals surface area contributed by atoms with Gasteiger partial charge in [0.15, 0.2) is 0 Å². The Morgan fingerprint density at radius 1 is 1.48 bits per heavy atom. The highest BCUT2D eigenvalue weighted by Gasteiger charge is 2.18. The number of amides is 1. The molecule has 0 saturated carbocycles. The van der Waals surface area contributed by atoms with Crippen LogP contribution in [0.2, 0.25) is 5.02 Å². The van der Waals surface area contributed by atoms with E-state index in [2.05, 4.69) is 25.3 Å². The number of imidazole rings is 2. The minimum atomic E-state index is -0.210. The predicted octanol–water partition coefficient (Wildman–Crippen LogP) is 2.82. The summed E-state index contributed by atoms with van der Waals surface area (Å²) in [5.41, 5.74) is 2.10. The number of aromatic nitrogens is 4. The molecule has 0 aliphatic carbocycles. The van der Waals surface area contributed by atoms with Gasteiger partial charge in [-0.2, -0.15) is 0 Å². The summed E-state index contributed by atoms with van der Waals surface area (Å²) in [5, 5.41) is 3.57. The van der Waals surface area contributed by atoms with E-state index in [0.29, 0.717) is 23.0 Å². The molecular weight excluding hydrogens is 290 g/mol. The molecule has 0 aliphatic rings. The van der Waals surface area contributed by atoms with Gasteiger partial charge in [-0.3, -0.25) is 4.79 Å². The number of carbonyl (C=O) groups is 1. The van der Waals surface area contributed by atoms with Crippen LogP contribution in [0.4, 0.5) is 0 Å². The second kappa shape index (κ2) is 5.57. The molecule has 1 aromatic carbocycles. The minimum Gasteiger partial charge on any atom is -0.341 e. The SMILES string of the molecule is CCC(NC(=O)c1cnc[nH]1)c1nc2ccc(Cl)cc2[nH]1. The maximum atomic E-state index is 12.1.